The van der Waals surface area contributed by atoms with Gasteiger partial charge in [0.1, 0.15) is 12.2 Å². The van der Waals surface area contributed by atoms with Crippen molar-refractivity contribution in [3.63, 3.8) is 0 Å². The van der Waals surface area contributed by atoms with Crippen LogP contribution in [0.4, 0.5) is 5.82 Å². The maximum atomic E-state index is 13.1. The van der Waals surface area contributed by atoms with Gasteiger partial charge in [-0.1, -0.05) is 30.3 Å². The summed E-state index contributed by atoms with van der Waals surface area (Å²) in [6.45, 7) is 1.91. The first kappa shape index (κ1) is 20.5. The Bertz CT molecular complexity index is 1350. The van der Waals surface area contributed by atoms with Gasteiger partial charge in [0.05, 0.1) is 18.3 Å². The summed E-state index contributed by atoms with van der Waals surface area (Å²) in [6, 6.07) is 18.4. The number of aromatic nitrogens is 3. The van der Waals surface area contributed by atoms with Crippen molar-refractivity contribution >= 4 is 28.6 Å². The van der Waals surface area contributed by atoms with Crippen molar-refractivity contribution in [2.75, 3.05) is 18.5 Å². The predicted octanol–water partition coefficient (Wildman–Crippen LogP) is 3.38. The number of rotatable bonds is 5. The number of pyridine rings is 1. The van der Waals surface area contributed by atoms with Crippen molar-refractivity contribution in [1.82, 2.24) is 14.8 Å². The number of carbonyl (C=O) groups excluding carboxylic acids is 2. The van der Waals surface area contributed by atoms with E-state index in [1.165, 1.54) is 10.9 Å². The average Bonchev–Trinajstić information content (AvgIpc) is 3.27. The number of benzene rings is 2. The molecule has 5 rings (SSSR count). The lowest BCUT2D eigenvalue weighted by atomic mass is 10.2. The van der Waals surface area contributed by atoms with Gasteiger partial charge in [-0.2, -0.15) is 9.78 Å². The highest BCUT2D eigenvalue weighted by Crippen LogP contribution is 2.31. The first-order valence-electron chi connectivity index (χ1n) is 10.4. The van der Waals surface area contributed by atoms with E-state index in [1.54, 1.807) is 31.2 Å². The molecule has 0 saturated carbocycles. The van der Waals surface area contributed by atoms with E-state index < -0.39 is 18.0 Å². The molecule has 166 valence electrons. The second kappa shape index (κ2) is 8.62. The molecule has 1 N–H and O–H groups in total. The third kappa shape index (κ3) is 3.96. The Labute approximate surface area is 188 Å². The number of hydrogen-bond donors (Lipinski definition) is 1. The zero-order valence-electron chi connectivity index (χ0n) is 17.7. The first-order valence-corrected chi connectivity index (χ1v) is 10.4. The lowest BCUT2D eigenvalue weighted by Crippen LogP contribution is -2.40. The number of anilines is 1. The van der Waals surface area contributed by atoms with Gasteiger partial charge >= 0.3 is 5.97 Å². The average molecular weight is 444 g/mol. The van der Waals surface area contributed by atoms with E-state index in [9.17, 15) is 9.59 Å². The Kier molecular flexibility index (Phi) is 5.35. The first-order chi connectivity index (χ1) is 16.1. The Morgan fingerprint density at radius 3 is 2.73 bits per heavy atom. The summed E-state index contributed by atoms with van der Waals surface area (Å²) < 4.78 is 18.0. The topological polar surface area (TPSA) is 105 Å². The lowest BCUT2D eigenvalue weighted by Gasteiger charge is -2.25. The molecular formula is C24H20N4O5. The van der Waals surface area contributed by atoms with Crippen LogP contribution in [0.3, 0.4) is 0 Å². The molecule has 1 amide bonds. The number of carbonyl (C=O) groups is 2. The van der Waals surface area contributed by atoms with Crippen molar-refractivity contribution in [1.29, 1.82) is 0 Å². The van der Waals surface area contributed by atoms with Gasteiger partial charge in [0.15, 0.2) is 23.1 Å². The van der Waals surface area contributed by atoms with Crippen molar-refractivity contribution in [3.8, 4) is 17.3 Å². The van der Waals surface area contributed by atoms with E-state index in [4.69, 9.17) is 14.2 Å². The van der Waals surface area contributed by atoms with Gasteiger partial charge in [-0.05, 0) is 37.3 Å². The van der Waals surface area contributed by atoms with Gasteiger partial charge in [0, 0.05) is 5.39 Å². The van der Waals surface area contributed by atoms with E-state index in [2.05, 4.69) is 15.4 Å². The van der Waals surface area contributed by atoms with Crippen molar-refractivity contribution in [2.24, 2.45) is 0 Å². The summed E-state index contributed by atoms with van der Waals surface area (Å²) >= 11 is 0. The smallest absolute Gasteiger partial charge is 0.343 e. The van der Waals surface area contributed by atoms with Crippen LogP contribution in [0.25, 0.3) is 16.7 Å². The van der Waals surface area contributed by atoms with Crippen molar-refractivity contribution in [3.05, 3.63) is 72.4 Å². The molecule has 9 heteroatoms. The fourth-order valence-electron chi connectivity index (χ4n) is 3.52. The quantitative estimate of drug-likeness (QED) is 0.471. The van der Waals surface area contributed by atoms with Gasteiger partial charge in [0.2, 0.25) is 6.10 Å². The molecule has 3 heterocycles. The van der Waals surface area contributed by atoms with Crippen LogP contribution in [0.15, 0.2) is 66.9 Å². The minimum atomic E-state index is -0.914. The van der Waals surface area contributed by atoms with Crippen LogP contribution in [0, 0.1) is 0 Å². The molecule has 0 aliphatic carbocycles. The summed E-state index contributed by atoms with van der Waals surface area (Å²) in [7, 11) is 0. The Hall–Kier alpha value is -4.40. The summed E-state index contributed by atoms with van der Waals surface area (Å²) in [6.07, 6.45) is 0.431. The predicted molar refractivity (Wildman–Crippen MR) is 120 cm³/mol. The molecule has 1 aliphatic rings. The number of nitrogens with zero attached hydrogens (tertiary/aromatic N) is 3. The van der Waals surface area contributed by atoms with Crippen LogP contribution in [0.2, 0.25) is 0 Å². The van der Waals surface area contributed by atoms with Crippen molar-refractivity contribution in [2.45, 2.75) is 13.0 Å². The van der Waals surface area contributed by atoms with Crippen LogP contribution in [-0.2, 0) is 9.53 Å². The highest BCUT2D eigenvalue weighted by atomic mass is 16.6. The molecule has 9 nitrogen and oxygen atoms in total. The normalized spacial score (nSPS) is 14.6. The maximum Gasteiger partial charge on any atom is 0.343 e. The van der Waals surface area contributed by atoms with E-state index in [0.717, 1.165) is 10.9 Å². The largest absolute Gasteiger partial charge is 0.485 e. The van der Waals surface area contributed by atoms with E-state index in [-0.39, 0.29) is 24.6 Å². The third-order valence-electron chi connectivity index (χ3n) is 5.11. The highest BCUT2D eigenvalue weighted by molar-refractivity contribution is 6.02. The molecule has 1 unspecified atom stereocenters. The van der Waals surface area contributed by atoms with E-state index in [1.807, 2.05) is 36.4 Å². The van der Waals surface area contributed by atoms with Gasteiger partial charge in [0.25, 0.3) is 5.91 Å². The number of hydrogen-bond acceptors (Lipinski definition) is 7. The molecule has 2 aromatic carbocycles. The van der Waals surface area contributed by atoms with Crippen LogP contribution in [-0.4, -0.2) is 46.0 Å². The summed E-state index contributed by atoms with van der Waals surface area (Å²) in [5, 5.41) is 8.01. The molecule has 1 atom stereocenters. The summed E-state index contributed by atoms with van der Waals surface area (Å²) in [5.74, 6) is 0.524. The zero-order valence-corrected chi connectivity index (χ0v) is 17.7. The molecule has 0 fully saturated rings. The molecule has 33 heavy (non-hydrogen) atoms. The number of para-hydroxylation sites is 3. The molecule has 0 spiro atoms. The fourth-order valence-corrected chi connectivity index (χ4v) is 3.52. The lowest BCUT2D eigenvalue weighted by molar-refractivity contribution is -0.125. The Morgan fingerprint density at radius 2 is 1.88 bits per heavy atom. The van der Waals surface area contributed by atoms with Gasteiger partial charge in [-0.3, -0.25) is 4.79 Å². The van der Waals surface area contributed by atoms with Crippen LogP contribution in [0.5, 0.6) is 11.5 Å². The third-order valence-corrected chi connectivity index (χ3v) is 5.11. The standard InChI is InChI=1S/C24H20N4O5/c1-2-31-24(30)16-13-25-28(21-12-11-15-7-3-4-8-17(15)26-21)22(16)27-23(29)20-14-32-18-9-5-6-10-19(18)33-20/h3-13,20H,2,14H2,1H3,(H,27,29). The second-order valence-electron chi connectivity index (χ2n) is 7.25. The summed E-state index contributed by atoms with van der Waals surface area (Å²) in [5.41, 5.74) is 0.860. The number of esters is 1. The Balaban J connectivity index is 1.49. The molecule has 0 bridgehead atoms. The molecule has 2 aromatic heterocycles. The van der Waals surface area contributed by atoms with Crippen molar-refractivity contribution < 1.29 is 23.8 Å². The number of nitrogens with one attached hydrogen (secondary N) is 1. The number of ether oxygens (including phenoxy) is 3. The Morgan fingerprint density at radius 1 is 1.09 bits per heavy atom. The van der Waals surface area contributed by atoms with Gasteiger partial charge < -0.3 is 19.5 Å². The molecule has 0 radical (unpaired) electrons. The SMILES string of the molecule is CCOC(=O)c1cnn(-c2ccc3ccccc3n2)c1NC(=O)C1COc2ccccc2O1. The maximum absolute atomic E-state index is 13.1. The van der Waals surface area contributed by atoms with E-state index in [0.29, 0.717) is 17.3 Å². The summed E-state index contributed by atoms with van der Waals surface area (Å²) in [4.78, 5) is 30.2. The van der Waals surface area contributed by atoms with Crippen LogP contribution < -0.4 is 14.8 Å². The molecule has 4 aromatic rings. The second-order valence-corrected chi connectivity index (χ2v) is 7.25. The highest BCUT2D eigenvalue weighted by Gasteiger charge is 2.30. The van der Waals surface area contributed by atoms with Crippen LogP contribution in [0.1, 0.15) is 17.3 Å². The van der Waals surface area contributed by atoms with E-state index >= 15 is 0 Å². The van der Waals surface area contributed by atoms with Crippen LogP contribution >= 0.6 is 0 Å². The van der Waals surface area contributed by atoms with Gasteiger partial charge in [-0.15, -0.1) is 0 Å². The molecule has 1 aliphatic heterocycles. The number of amides is 1. The van der Waals surface area contributed by atoms with Gasteiger partial charge in [-0.25, -0.2) is 9.78 Å². The zero-order chi connectivity index (χ0) is 22.8. The monoisotopic (exact) mass is 444 g/mol. The minimum Gasteiger partial charge on any atom is -0.485 e. The minimum absolute atomic E-state index is 0.0277. The number of fused-ring (bicyclic) bond motifs is 2. The fraction of sp³-hybridized carbons (Fsp3) is 0.167. The molecular weight excluding hydrogens is 424 g/mol. The molecule has 0 saturated heterocycles.